The Kier molecular flexibility index (Phi) is 3.68. The van der Waals surface area contributed by atoms with Crippen LogP contribution in [0.1, 0.15) is 56.4 Å². The van der Waals surface area contributed by atoms with Crippen LogP contribution in [0.25, 0.3) is 0 Å². The standard InChI is InChI=1S/C17H19ClO2/c18-13-7-3-2-6-12(13)16-14(19)10-17(11-15(16)20)8-4-1-5-9-17/h2-3,6-7,16H,1,4-5,8-11H2. The zero-order valence-corrected chi connectivity index (χ0v) is 12.3. The quantitative estimate of drug-likeness (QED) is 0.722. The topological polar surface area (TPSA) is 34.1 Å². The Bertz CT molecular complexity index is 524. The lowest BCUT2D eigenvalue weighted by atomic mass is 9.61. The third kappa shape index (κ3) is 2.42. The molecule has 2 aliphatic carbocycles. The predicted molar refractivity (Wildman–Crippen MR) is 79.0 cm³/mol. The number of benzene rings is 1. The first-order chi connectivity index (χ1) is 9.61. The average Bonchev–Trinajstić information content (AvgIpc) is 2.41. The molecule has 1 spiro atoms. The van der Waals surface area contributed by atoms with Gasteiger partial charge in [0.2, 0.25) is 0 Å². The van der Waals surface area contributed by atoms with Crippen LogP contribution in [-0.2, 0) is 9.59 Å². The molecule has 0 bridgehead atoms. The van der Waals surface area contributed by atoms with E-state index in [-0.39, 0.29) is 17.0 Å². The molecule has 0 unspecified atom stereocenters. The van der Waals surface area contributed by atoms with Crippen molar-refractivity contribution in [1.29, 1.82) is 0 Å². The number of hydrogen-bond donors (Lipinski definition) is 0. The van der Waals surface area contributed by atoms with Crippen LogP contribution in [-0.4, -0.2) is 11.6 Å². The molecule has 3 rings (SSSR count). The number of carbonyl (C=O) groups is 2. The molecule has 2 aliphatic rings. The lowest BCUT2D eigenvalue weighted by molar-refractivity contribution is -0.137. The summed E-state index contributed by atoms with van der Waals surface area (Å²) in [5, 5.41) is 0.527. The number of rotatable bonds is 1. The maximum absolute atomic E-state index is 12.6. The van der Waals surface area contributed by atoms with Crippen molar-refractivity contribution in [2.75, 3.05) is 0 Å². The van der Waals surface area contributed by atoms with Crippen LogP contribution >= 0.6 is 11.6 Å². The molecule has 2 saturated carbocycles. The van der Waals surface area contributed by atoms with E-state index in [4.69, 9.17) is 11.6 Å². The van der Waals surface area contributed by atoms with Crippen molar-refractivity contribution < 1.29 is 9.59 Å². The van der Waals surface area contributed by atoms with Crippen molar-refractivity contribution in [3.8, 4) is 0 Å². The number of Topliss-reactive ketones (excluding diaryl/α,β-unsaturated/α-hetero) is 2. The van der Waals surface area contributed by atoms with Gasteiger partial charge in [-0.1, -0.05) is 49.1 Å². The fourth-order valence-electron chi connectivity index (χ4n) is 3.90. The fourth-order valence-corrected chi connectivity index (χ4v) is 4.14. The van der Waals surface area contributed by atoms with Gasteiger partial charge in [0.15, 0.2) is 0 Å². The minimum absolute atomic E-state index is 0.0375. The van der Waals surface area contributed by atoms with Gasteiger partial charge in [0.05, 0.1) is 0 Å². The molecular formula is C17H19ClO2. The zero-order chi connectivity index (χ0) is 14.2. The Morgan fingerprint density at radius 3 is 2.15 bits per heavy atom. The highest BCUT2D eigenvalue weighted by Gasteiger charge is 2.46. The molecule has 20 heavy (non-hydrogen) atoms. The molecule has 1 aromatic carbocycles. The summed E-state index contributed by atoms with van der Waals surface area (Å²) in [6.45, 7) is 0. The molecule has 0 N–H and O–H groups in total. The third-order valence-electron chi connectivity index (χ3n) is 4.87. The highest BCUT2D eigenvalue weighted by atomic mass is 35.5. The molecule has 1 aromatic rings. The second-order valence-corrected chi connectivity index (χ2v) is 6.71. The zero-order valence-electron chi connectivity index (χ0n) is 11.5. The third-order valence-corrected chi connectivity index (χ3v) is 5.22. The summed E-state index contributed by atoms with van der Waals surface area (Å²) in [7, 11) is 0. The van der Waals surface area contributed by atoms with Gasteiger partial charge in [-0.05, 0) is 29.9 Å². The maximum atomic E-state index is 12.6. The smallest absolute Gasteiger partial charge is 0.148 e. The summed E-state index contributed by atoms with van der Waals surface area (Å²) < 4.78 is 0. The van der Waals surface area contributed by atoms with Gasteiger partial charge in [0, 0.05) is 17.9 Å². The predicted octanol–water partition coefficient (Wildman–Crippen LogP) is 4.31. The highest BCUT2D eigenvalue weighted by molar-refractivity contribution is 6.32. The van der Waals surface area contributed by atoms with Gasteiger partial charge in [-0.3, -0.25) is 9.59 Å². The van der Waals surface area contributed by atoms with Crippen molar-refractivity contribution in [2.24, 2.45) is 5.41 Å². The molecule has 3 heteroatoms. The lowest BCUT2D eigenvalue weighted by Crippen LogP contribution is -2.40. The summed E-state index contributed by atoms with van der Waals surface area (Å²) in [5.41, 5.74) is 0.652. The van der Waals surface area contributed by atoms with Gasteiger partial charge in [-0.25, -0.2) is 0 Å². The molecule has 0 radical (unpaired) electrons. The molecule has 2 fully saturated rings. The largest absolute Gasteiger partial charge is 0.298 e. The summed E-state index contributed by atoms with van der Waals surface area (Å²) in [6, 6.07) is 7.23. The molecule has 0 aliphatic heterocycles. The first-order valence-corrected chi connectivity index (χ1v) is 7.79. The number of carbonyl (C=O) groups excluding carboxylic acids is 2. The average molecular weight is 291 g/mol. The highest BCUT2D eigenvalue weighted by Crippen LogP contribution is 2.48. The van der Waals surface area contributed by atoms with Crippen LogP contribution < -0.4 is 0 Å². The van der Waals surface area contributed by atoms with E-state index >= 15 is 0 Å². The van der Waals surface area contributed by atoms with Gasteiger partial charge >= 0.3 is 0 Å². The number of ketones is 2. The van der Waals surface area contributed by atoms with E-state index in [0.29, 0.717) is 23.4 Å². The van der Waals surface area contributed by atoms with Crippen molar-refractivity contribution in [1.82, 2.24) is 0 Å². The molecule has 0 aromatic heterocycles. The Labute approximate surface area is 124 Å². The molecule has 0 atom stereocenters. The number of hydrogen-bond acceptors (Lipinski definition) is 2. The molecule has 0 amide bonds. The Morgan fingerprint density at radius 1 is 0.950 bits per heavy atom. The summed E-state index contributed by atoms with van der Waals surface area (Å²) in [4.78, 5) is 25.1. The van der Waals surface area contributed by atoms with E-state index in [1.54, 1.807) is 6.07 Å². The SMILES string of the molecule is O=C1CC2(CCCCC2)CC(=O)C1c1ccccc1Cl. The molecule has 0 saturated heterocycles. The maximum Gasteiger partial charge on any atom is 0.148 e. The van der Waals surface area contributed by atoms with E-state index < -0.39 is 5.92 Å². The molecule has 106 valence electrons. The van der Waals surface area contributed by atoms with Crippen LogP contribution in [0.15, 0.2) is 24.3 Å². The van der Waals surface area contributed by atoms with E-state index in [1.165, 1.54) is 6.42 Å². The van der Waals surface area contributed by atoms with Crippen molar-refractivity contribution in [3.63, 3.8) is 0 Å². The lowest BCUT2D eigenvalue weighted by Gasteiger charge is -2.41. The van der Waals surface area contributed by atoms with Gasteiger partial charge in [-0.15, -0.1) is 0 Å². The van der Waals surface area contributed by atoms with Crippen LogP contribution in [0.5, 0.6) is 0 Å². The van der Waals surface area contributed by atoms with Gasteiger partial charge in [0.1, 0.15) is 17.5 Å². The number of halogens is 1. The van der Waals surface area contributed by atoms with Crippen LogP contribution in [0.2, 0.25) is 5.02 Å². The first-order valence-electron chi connectivity index (χ1n) is 7.41. The van der Waals surface area contributed by atoms with Crippen LogP contribution in [0, 0.1) is 5.41 Å². The van der Waals surface area contributed by atoms with Crippen molar-refractivity contribution in [3.05, 3.63) is 34.9 Å². The van der Waals surface area contributed by atoms with E-state index in [0.717, 1.165) is 25.7 Å². The van der Waals surface area contributed by atoms with E-state index in [9.17, 15) is 9.59 Å². The first kappa shape index (κ1) is 13.8. The second-order valence-electron chi connectivity index (χ2n) is 6.30. The molecule has 2 nitrogen and oxygen atoms in total. The summed E-state index contributed by atoms with van der Waals surface area (Å²) >= 11 is 6.16. The minimum Gasteiger partial charge on any atom is -0.298 e. The monoisotopic (exact) mass is 290 g/mol. The summed E-state index contributed by atoms with van der Waals surface area (Å²) in [6.07, 6.45) is 6.69. The van der Waals surface area contributed by atoms with E-state index in [1.807, 2.05) is 18.2 Å². The van der Waals surface area contributed by atoms with E-state index in [2.05, 4.69) is 0 Å². The van der Waals surface area contributed by atoms with Crippen LogP contribution in [0.3, 0.4) is 0 Å². The summed E-state index contributed by atoms with van der Waals surface area (Å²) in [5.74, 6) is -0.497. The molecule has 0 heterocycles. The second kappa shape index (κ2) is 5.33. The Hall–Kier alpha value is -1.15. The molecular weight excluding hydrogens is 272 g/mol. The minimum atomic E-state index is -0.628. The normalized spacial score (nSPS) is 23.2. The Morgan fingerprint density at radius 2 is 1.55 bits per heavy atom. The van der Waals surface area contributed by atoms with Crippen molar-refractivity contribution in [2.45, 2.75) is 50.9 Å². The van der Waals surface area contributed by atoms with Crippen molar-refractivity contribution >= 4 is 23.2 Å². The Balaban J connectivity index is 1.88. The fraction of sp³-hybridized carbons (Fsp3) is 0.529. The van der Waals surface area contributed by atoms with Gasteiger partial charge in [-0.2, -0.15) is 0 Å². The van der Waals surface area contributed by atoms with Crippen LogP contribution in [0.4, 0.5) is 0 Å². The van der Waals surface area contributed by atoms with Gasteiger partial charge < -0.3 is 0 Å². The van der Waals surface area contributed by atoms with Gasteiger partial charge in [0.25, 0.3) is 0 Å².